The van der Waals surface area contributed by atoms with Gasteiger partial charge < -0.3 is 20.5 Å². The van der Waals surface area contributed by atoms with Crippen LogP contribution in [0.1, 0.15) is 37.7 Å². The first kappa shape index (κ1) is 25.0. The normalized spacial score (nSPS) is 20.3. The van der Waals surface area contributed by atoms with Crippen LogP contribution in [0.15, 0.2) is 36.5 Å². The number of halogens is 1. The van der Waals surface area contributed by atoms with E-state index < -0.39 is 5.82 Å². The number of terminal acetylenes is 1. The number of hydrogen-bond acceptors (Lipinski definition) is 8. The predicted octanol–water partition coefficient (Wildman–Crippen LogP) is 4.22. The molecule has 2 aromatic heterocycles. The minimum absolute atomic E-state index is 0.00251. The molecule has 1 unspecified atom stereocenters. The molecule has 3 fully saturated rings. The molecule has 0 bridgehead atoms. The highest BCUT2D eigenvalue weighted by Gasteiger charge is 2.45. The van der Waals surface area contributed by atoms with E-state index >= 15 is 4.39 Å². The maximum Gasteiger partial charge on any atom is 0.319 e. The van der Waals surface area contributed by atoms with Gasteiger partial charge in [0, 0.05) is 41.8 Å². The minimum atomic E-state index is -0.616. The quantitative estimate of drug-likeness (QED) is 0.365. The van der Waals surface area contributed by atoms with Crippen molar-refractivity contribution in [2.45, 2.75) is 43.7 Å². The molecule has 204 valence electrons. The third-order valence-electron chi connectivity index (χ3n) is 8.82. The van der Waals surface area contributed by atoms with E-state index in [0.29, 0.717) is 52.8 Å². The number of fused-ring (bicyclic) bond motifs is 3. The predicted molar refractivity (Wildman–Crippen MR) is 153 cm³/mol. The van der Waals surface area contributed by atoms with Crippen LogP contribution in [0.5, 0.6) is 11.8 Å². The fraction of sp³-hybridized carbons (Fsp3) is 0.387. The van der Waals surface area contributed by atoms with Gasteiger partial charge in [0.1, 0.15) is 29.4 Å². The van der Waals surface area contributed by atoms with Gasteiger partial charge in [-0.15, -0.1) is 6.42 Å². The van der Waals surface area contributed by atoms with Crippen LogP contribution in [0, 0.1) is 18.2 Å². The van der Waals surface area contributed by atoms with Gasteiger partial charge in [0.15, 0.2) is 5.82 Å². The zero-order valence-electron chi connectivity index (χ0n) is 22.2. The lowest BCUT2D eigenvalue weighted by atomic mass is 9.95. The zero-order valence-corrected chi connectivity index (χ0v) is 22.2. The Kier molecular flexibility index (Phi) is 5.99. The second-order valence-corrected chi connectivity index (χ2v) is 11.3. The van der Waals surface area contributed by atoms with Crippen molar-refractivity contribution in [1.29, 1.82) is 0 Å². The van der Waals surface area contributed by atoms with Crippen LogP contribution >= 0.6 is 0 Å². The average Bonchev–Trinajstić information content (AvgIpc) is 3.67. The molecule has 2 aromatic carbocycles. The number of hydrogen-bond donors (Lipinski definition) is 2. The lowest BCUT2D eigenvalue weighted by Gasteiger charge is -2.31. The number of ether oxygens (including phenoxy) is 1. The summed E-state index contributed by atoms with van der Waals surface area (Å²) in [5.74, 6) is 2.63. The van der Waals surface area contributed by atoms with Crippen molar-refractivity contribution < 1.29 is 14.2 Å². The van der Waals surface area contributed by atoms with E-state index in [1.807, 2.05) is 12.1 Å². The topological polar surface area (TPSA) is 101 Å². The monoisotopic (exact) mass is 538 g/mol. The molecule has 9 heteroatoms. The third-order valence-corrected chi connectivity index (χ3v) is 8.82. The number of rotatable bonds is 5. The van der Waals surface area contributed by atoms with Gasteiger partial charge in [0.25, 0.3) is 0 Å². The number of aromatic hydroxyl groups is 1. The number of nitrogens with two attached hydrogens (primary N) is 1. The van der Waals surface area contributed by atoms with Gasteiger partial charge in [-0.25, -0.2) is 4.39 Å². The maximum absolute atomic E-state index is 16.5. The van der Waals surface area contributed by atoms with Crippen molar-refractivity contribution in [3.63, 3.8) is 0 Å². The molecule has 3 aliphatic rings. The molecule has 3 aliphatic heterocycles. The van der Waals surface area contributed by atoms with Crippen LogP contribution in [0.25, 0.3) is 32.9 Å². The second kappa shape index (κ2) is 9.58. The molecule has 3 N–H and O–H groups in total. The van der Waals surface area contributed by atoms with Gasteiger partial charge >= 0.3 is 6.01 Å². The van der Waals surface area contributed by atoms with Gasteiger partial charge in [0.05, 0.1) is 10.9 Å². The van der Waals surface area contributed by atoms with Crippen LogP contribution < -0.4 is 15.4 Å². The smallest absolute Gasteiger partial charge is 0.319 e. The van der Waals surface area contributed by atoms with Crippen LogP contribution in [0.3, 0.4) is 0 Å². The third kappa shape index (κ3) is 4.02. The van der Waals surface area contributed by atoms with Crippen molar-refractivity contribution >= 4 is 27.5 Å². The van der Waals surface area contributed by atoms with Gasteiger partial charge in [0.2, 0.25) is 0 Å². The molecule has 8 nitrogen and oxygen atoms in total. The SMILES string of the molecule is C#Cc1cccc2cc(O)cc(-c3ncc4c(N5CCC(N)C5)nc(OCC56CCCN5CCC6)nc4c3F)c12. The van der Waals surface area contributed by atoms with E-state index in [9.17, 15) is 5.11 Å². The van der Waals surface area contributed by atoms with E-state index in [-0.39, 0.29) is 34.6 Å². The first-order chi connectivity index (χ1) is 19.5. The highest BCUT2D eigenvalue weighted by atomic mass is 19.1. The lowest BCUT2D eigenvalue weighted by molar-refractivity contribution is 0.108. The first-order valence-electron chi connectivity index (χ1n) is 13.9. The average molecular weight is 539 g/mol. The number of phenols is 1. The van der Waals surface area contributed by atoms with E-state index in [1.165, 1.54) is 6.07 Å². The number of phenolic OH excluding ortho intramolecular Hbond substituents is 1. The largest absolute Gasteiger partial charge is 0.508 e. The molecule has 3 saturated heterocycles. The summed E-state index contributed by atoms with van der Waals surface area (Å²) in [6.07, 6.45) is 12.7. The number of benzene rings is 2. The summed E-state index contributed by atoms with van der Waals surface area (Å²) in [6.45, 7) is 3.95. The Bertz CT molecular complexity index is 1670. The second-order valence-electron chi connectivity index (χ2n) is 11.3. The Morgan fingerprint density at radius 1 is 1.18 bits per heavy atom. The molecule has 0 saturated carbocycles. The van der Waals surface area contributed by atoms with E-state index in [1.54, 1.807) is 18.3 Å². The Labute approximate surface area is 232 Å². The number of pyridine rings is 1. The molecule has 1 atom stereocenters. The summed E-state index contributed by atoms with van der Waals surface area (Å²) in [5.41, 5.74) is 7.38. The highest BCUT2D eigenvalue weighted by molar-refractivity contribution is 6.02. The minimum Gasteiger partial charge on any atom is -0.508 e. The Balaban J connectivity index is 1.38. The van der Waals surface area contributed by atoms with Crippen molar-refractivity contribution in [1.82, 2.24) is 19.9 Å². The number of aromatic nitrogens is 3. The summed E-state index contributed by atoms with van der Waals surface area (Å²) < 4.78 is 22.8. The number of nitrogens with zero attached hydrogens (tertiary/aromatic N) is 5. The van der Waals surface area contributed by atoms with E-state index in [4.69, 9.17) is 21.9 Å². The molecule has 0 spiro atoms. The van der Waals surface area contributed by atoms with Crippen molar-refractivity contribution in [3.8, 4) is 35.4 Å². The summed E-state index contributed by atoms with van der Waals surface area (Å²) in [5, 5.41) is 12.3. The summed E-state index contributed by atoms with van der Waals surface area (Å²) >= 11 is 0. The van der Waals surface area contributed by atoms with Crippen molar-refractivity contribution in [3.05, 3.63) is 47.9 Å². The van der Waals surface area contributed by atoms with Gasteiger partial charge in [-0.2, -0.15) is 9.97 Å². The zero-order chi connectivity index (χ0) is 27.4. The van der Waals surface area contributed by atoms with Gasteiger partial charge in [-0.3, -0.25) is 9.88 Å². The fourth-order valence-corrected chi connectivity index (χ4v) is 6.87. The molecular weight excluding hydrogens is 507 g/mol. The Hall–Kier alpha value is -4.00. The standard InChI is InChI=1S/C31H31FN6O2/c1-2-19-6-3-7-20-14-22(39)15-23(25(19)20)27-26(32)28-24(16-34-27)29(37-13-8-21(33)17-37)36-30(35-28)40-18-31-9-4-11-38(31)12-5-10-31/h1,3,6-7,14-16,21,39H,4-5,8-13,17-18,33H2. The molecule has 0 aliphatic carbocycles. The van der Waals surface area contributed by atoms with Crippen LogP contribution in [-0.4, -0.2) is 69.3 Å². The molecule has 4 aromatic rings. The fourth-order valence-electron chi connectivity index (χ4n) is 6.87. The molecule has 5 heterocycles. The maximum atomic E-state index is 16.5. The molecule has 0 amide bonds. The first-order valence-corrected chi connectivity index (χ1v) is 13.9. The molecular formula is C31H31FN6O2. The van der Waals surface area contributed by atoms with E-state index in [2.05, 4.69) is 25.7 Å². The van der Waals surface area contributed by atoms with Crippen molar-refractivity contribution in [2.75, 3.05) is 37.7 Å². The molecule has 7 rings (SSSR count). The van der Waals surface area contributed by atoms with Crippen LogP contribution in [0.2, 0.25) is 0 Å². The summed E-state index contributed by atoms with van der Waals surface area (Å²) in [7, 11) is 0. The lowest BCUT2D eigenvalue weighted by Crippen LogP contribution is -2.43. The molecule has 40 heavy (non-hydrogen) atoms. The highest BCUT2D eigenvalue weighted by Crippen LogP contribution is 2.41. The van der Waals surface area contributed by atoms with E-state index in [0.717, 1.165) is 45.2 Å². The van der Waals surface area contributed by atoms with Crippen LogP contribution in [-0.2, 0) is 0 Å². The Morgan fingerprint density at radius 2 is 2.00 bits per heavy atom. The van der Waals surface area contributed by atoms with Crippen molar-refractivity contribution in [2.24, 2.45) is 5.73 Å². The van der Waals surface area contributed by atoms with Crippen LogP contribution in [0.4, 0.5) is 10.2 Å². The summed E-state index contributed by atoms with van der Waals surface area (Å²) in [4.78, 5) is 18.5. The number of anilines is 1. The van der Waals surface area contributed by atoms with Gasteiger partial charge in [-0.1, -0.05) is 18.1 Å². The van der Waals surface area contributed by atoms with Gasteiger partial charge in [-0.05, 0) is 68.8 Å². The summed E-state index contributed by atoms with van der Waals surface area (Å²) in [6, 6.07) is 8.69. The molecule has 0 radical (unpaired) electrons. The Morgan fingerprint density at radius 3 is 2.75 bits per heavy atom.